The zero-order chi connectivity index (χ0) is 14.8. The van der Waals surface area contributed by atoms with Crippen molar-refractivity contribution in [3.63, 3.8) is 0 Å². The van der Waals surface area contributed by atoms with Gasteiger partial charge >= 0.3 is 0 Å². The third-order valence-electron chi connectivity index (χ3n) is 3.64. The van der Waals surface area contributed by atoms with Crippen LogP contribution in [0.25, 0.3) is 0 Å². The summed E-state index contributed by atoms with van der Waals surface area (Å²) in [5.74, 6) is 0.629. The fourth-order valence-corrected chi connectivity index (χ4v) is 5.30. The van der Waals surface area contributed by atoms with Gasteiger partial charge in [0.1, 0.15) is 10.7 Å². The van der Waals surface area contributed by atoms with Gasteiger partial charge in [-0.15, -0.1) is 0 Å². The number of halogens is 1. The van der Waals surface area contributed by atoms with Crippen molar-refractivity contribution in [2.75, 3.05) is 13.1 Å². The second-order valence-corrected chi connectivity index (χ2v) is 7.53. The van der Waals surface area contributed by atoms with E-state index in [-0.39, 0.29) is 10.9 Å². The molecule has 2 rings (SSSR count). The zero-order valence-electron chi connectivity index (χ0n) is 11.9. The Balaban J connectivity index is 2.27. The molecule has 0 spiro atoms. The van der Waals surface area contributed by atoms with Gasteiger partial charge in [-0.05, 0) is 41.7 Å². The summed E-state index contributed by atoms with van der Waals surface area (Å²) < 4.78 is 32.8. The zero-order valence-corrected chi connectivity index (χ0v) is 14.3. The lowest BCUT2D eigenvalue weighted by Crippen LogP contribution is -2.35. The van der Waals surface area contributed by atoms with E-state index in [1.54, 1.807) is 10.4 Å². The van der Waals surface area contributed by atoms with E-state index in [2.05, 4.69) is 21.2 Å². The van der Waals surface area contributed by atoms with E-state index < -0.39 is 10.0 Å². The molecule has 0 saturated carbocycles. The number of nitrogens with one attached hydrogen (secondary N) is 1. The highest BCUT2D eigenvalue weighted by Gasteiger charge is 2.36. The van der Waals surface area contributed by atoms with Crippen LogP contribution in [0.15, 0.2) is 20.0 Å². The Hall–Kier alpha value is -0.370. The molecule has 1 saturated heterocycles. The van der Waals surface area contributed by atoms with Gasteiger partial charge in [-0.25, -0.2) is 8.42 Å². The predicted molar refractivity (Wildman–Crippen MR) is 81.0 cm³/mol. The Morgan fingerprint density at radius 2 is 2.25 bits per heavy atom. The average molecular weight is 365 g/mol. The molecule has 20 heavy (non-hydrogen) atoms. The molecule has 1 aromatic heterocycles. The van der Waals surface area contributed by atoms with E-state index in [9.17, 15) is 8.42 Å². The fourth-order valence-electron chi connectivity index (χ4n) is 2.57. The number of rotatable bonds is 6. The average Bonchev–Trinajstić information content (AvgIpc) is 3.02. The lowest BCUT2D eigenvalue weighted by atomic mass is 10.2. The Labute approximate surface area is 128 Å². The summed E-state index contributed by atoms with van der Waals surface area (Å²) in [6, 6.07) is 1.73. The van der Waals surface area contributed by atoms with Crippen LogP contribution in [0, 0.1) is 0 Å². The van der Waals surface area contributed by atoms with Gasteiger partial charge in [-0.3, -0.25) is 0 Å². The lowest BCUT2D eigenvalue weighted by molar-refractivity contribution is 0.378. The third-order valence-corrected chi connectivity index (χ3v) is 6.45. The molecule has 0 amide bonds. The van der Waals surface area contributed by atoms with Gasteiger partial charge in [-0.2, -0.15) is 4.31 Å². The molecule has 1 aliphatic rings. The van der Waals surface area contributed by atoms with E-state index in [1.807, 2.05) is 13.8 Å². The summed E-state index contributed by atoms with van der Waals surface area (Å²) in [5.41, 5.74) is 0. The van der Waals surface area contributed by atoms with Crippen LogP contribution >= 0.6 is 15.9 Å². The molecular formula is C13H21BrN2O3S. The van der Waals surface area contributed by atoms with Gasteiger partial charge in [0, 0.05) is 18.7 Å². The smallest absolute Gasteiger partial charge is 0.247 e. The van der Waals surface area contributed by atoms with E-state index in [4.69, 9.17) is 4.42 Å². The van der Waals surface area contributed by atoms with E-state index in [0.717, 1.165) is 25.8 Å². The highest BCUT2D eigenvalue weighted by atomic mass is 79.9. The maximum atomic E-state index is 12.7. The van der Waals surface area contributed by atoms with Crippen molar-refractivity contribution < 1.29 is 12.8 Å². The number of hydrogen-bond acceptors (Lipinski definition) is 4. The minimum atomic E-state index is -3.47. The second kappa shape index (κ2) is 6.60. The normalized spacial score (nSPS) is 20.6. The van der Waals surface area contributed by atoms with Crippen LogP contribution in [-0.2, 0) is 16.6 Å². The largest absolute Gasteiger partial charge is 0.452 e. The van der Waals surface area contributed by atoms with Crippen LogP contribution in [0.3, 0.4) is 0 Å². The summed E-state index contributed by atoms with van der Waals surface area (Å²) in [5, 5.41) is 3.12. The maximum absolute atomic E-state index is 12.7. The molecule has 1 unspecified atom stereocenters. The van der Waals surface area contributed by atoms with Crippen molar-refractivity contribution in [1.82, 2.24) is 9.62 Å². The molecule has 0 aromatic carbocycles. The molecule has 1 aromatic rings. The summed E-state index contributed by atoms with van der Waals surface area (Å²) in [6.07, 6.45) is 2.71. The molecule has 1 fully saturated rings. The Kier molecular flexibility index (Phi) is 5.28. The van der Waals surface area contributed by atoms with Crippen molar-refractivity contribution in [3.8, 4) is 0 Å². The molecule has 1 aliphatic heterocycles. The predicted octanol–water partition coefficient (Wildman–Crippen LogP) is 2.71. The highest BCUT2D eigenvalue weighted by Crippen LogP contribution is 2.33. The molecule has 1 N–H and O–H groups in total. The second-order valence-electron chi connectivity index (χ2n) is 4.95. The van der Waals surface area contributed by atoms with Crippen LogP contribution in [-0.4, -0.2) is 31.9 Å². The van der Waals surface area contributed by atoms with E-state index in [0.29, 0.717) is 23.5 Å². The maximum Gasteiger partial charge on any atom is 0.247 e. The molecule has 2 heterocycles. The van der Waals surface area contributed by atoms with Gasteiger partial charge in [0.15, 0.2) is 4.67 Å². The van der Waals surface area contributed by atoms with Gasteiger partial charge in [-0.1, -0.05) is 13.8 Å². The number of hydrogen-bond donors (Lipinski definition) is 1. The summed E-state index contributed by atoms with van der Waals surface area (Å²) in [4.78, 5) is 0.241. The lowest BCUT2D eigenvalue weighted by Gasteiger charge is -2.22. The number of nitrogens with zero attached hydrogens (tertiary/aromatic N) is 1. The van der Waals surface area contributed by atoms with Crippen molar-refractivity contribution in [3.05, 3.63) is 16.5 Å². The number of sulfonamides is 1. The van der Waals surface area contributed by atoms with Crippen molar-refractivity contribution in [2.45, 2.75) is 50.6 Å². The summed E-state index contributed by atoms with van der Waals surface area (Å²) in [7, 11) is -3.47. The minimum Gasteiger partial charge on any atom is -0.452 e. The first-order valence-electron chi connectivity index (χ1n) is 7.01. The number of furan rings is 1. The van der Waals surface area contributed by atoms with Gasteiger partial charge < -0.3 is 9.73 Å². The first-order valence-corrected chi connectivity index (χ1v) is 9.24. The van der Waals surface area contributed by atoms with Crippen molar-refractivity contribution in [1.29, 1.82) is 0 Å². The van der Waals surface area contributed by atoms with Crippen molar-refractivity contribution >= 4 is 26.0 Å². The minimum absolute atomic E-state index is 0.110. The molecule has 0 radical (unpaired) electrons. The molecule has 1 atom stereocenters. The van der Waals surface area contributed by atoms with Gasteiger partial charge in [0.25, 0.3) is 0 Å². The fraction of sp³-hybridized carbons (Fsp3) is 0.692. The molecule has 114 valence electrons. The molecule has 0 aliphatic carbocycles. The first kappa shape index (κ1) is 16.0. The standard InChI is InChI=1S/C13H21BrN2O3S/c1-3-10-6-5-7-16(10)20(17,18)12-8-11(9-15-4-2)19-13(12)14/h8,10,15H,3-7,9H2,1-2H3. The quantitative estimate of drug-likeness (QED) is 0.842. The van der Waals surface area contributed by atoms with E-state index in [1.165, 1.54) is 0 Å². The summed E-state index contributed by atoms with van der Waals surface area (Å²) in [6.45, 7) is 5.96. The summed E-state index contributed by atoms with van der Waals surface area (Å²) >= 11 is 3.23. The van der Waals surface area contributed by atoms with Crippen LogP contribution in [0.2, 0.25) is 0 Å². The van der Waals surface area contributed by atoms with Crippen LogP contribution in [0.5, 0.6) is 0 Å². The topological polar surface area (TPSA) is 62.6 Å². The highest BCUT2D eigenvalue weighted by molar-refractivity contribution is 9.10. The van der Waals surface area contributed by atoms with Crippen LogP contribution in [0.4, 0.5) is 0 Å². The Morgan fingerprint density at radius 3 is 2.90 bits per heavy atom. The van der Waals surface area contributed by atoms with Gasteiger partial charge in [0.2, 0.25) is 10.0 Å². The third kappa shape index (κ3) is 3.10. The van der Waals surface area contributed by atoms with Crippen molar-refractivity contribution in [2.24, 2.45) is 0 Å². The van der Waals surface area contributed by atoms with Crippen LogP contribution in [0.1, 0.15) is 38.9 Å². The first-order chi connectivity index (χ1) is 9.50. The monoisotopic (exact) mass is 364 g/mol. The van der Waals surface area contributed by atoms with Gasteiger partial charge in [0.05, 0.1) is 6.54 Å². The van der Waals surface area contributed by atoms with E-state index >= 15 is 0 Å². The molecular weight excluding hydrogens is 344 g/mol. The Bertz CT molecular complexity index is 556. The SMILES string of the molecule is CCNCc1cc(S(=O)(=O)N2CCCC2CC)c(Br)o1. The molecule has 7 heteroatoms. The molecule has 5 nitrogen and oxygen atoms in total. The molecule has 0 bridgehead atoms. The Morgan fingerprint density at radius 1 is 1.50 bits per heavy atom. The van der Waals surface area contributed by atoms with Crippen LogP contribution < -0.4 is 5.32 Å².